The Morgan fingerprint density at radius 2 is 1.57 bits per heavy atom. The standard InChI is InChI=1S/C18H22FNO/c1-3-14-4-6-16(7-5-14)18(12-21)20-13(2)15-8-10-17(19)11-9-15/h4-11,13,18,20-21H,3,12H2,1-2H3. The second-order valence-corrected chi connectivity index (χ2v) is 5.27. The Labute approximate surface area is 125 Å². The van der Waals surface area contributed by atoms with Crippen LogP contribution in [0.4, 0.5) is 4.39 Å². The Kier molecular flexibility index (Phi) is 5.48. The van der Waals surface area contributed by atoms with Crippen LogP contribution in [0.25, 0.3) is 0 Å². The Morgan fingerprint density at radius 3 is 2.10 bits per heavy atom. The van der Waals surface area contributed by atoms with E-state index in [2.05, 4.69) is 24.4 Å². The average Bonchev–Trinajstić information content (AvgIpc) is 2.53. The molecule has 3 heteroatoms. The highest BCUT2D eigenvalue weighted by Gasteiger charge is 2.14. The second kappa shape index (κ2) is 7.34. The van der Waals surface area contributed by atoms with E-state index in [4.69, 9.17) is 0 Å². The van der Waals surface area contributed by atoms with Gasteiger partial charge < -0.3 is 10.4 Å². The van der Waals surface area contributed by atoms with Crippen LogP contribution >= 0.6 is 0 Å². The van der Waals surface area contributed by atoms with Crippen molar-refractivity contribution in [2.75, 3.05) is 6.61 Å². The van der Waals surface area contributed by atoms with Crippen molar-refractivity contribution in [3.05, 3.63) is 71.0 Å². The molecule has 2 aromatic carbocycles. The first kappa shape index (κ1) is 15.7. The molecule has 21 heavy (non-hydrogen) atoms. The van der Waals surface area contributed by atoms with Gasteiger partial charge in [-0.05, 0) is 42.2 Å². The van der Waals surface area contributed by atoms with Crippen LogP contribution in [-0.4, -0.2) is 11.7 Å². The summed E-state index contributed by atoms with van der Waals surface area (Å²) in [4.78, 5) is 0. The van der Waals surface area contributed by atoms with E-state index in [1.165, 1.54) is 17.7 Å². The van der Waals surface area contributed by atoms with Gasteiger partial charge in [-0.25, -0.2) is 4.39 Å². The van der Waals surface area contributed by atoms with Crippen molar-refractivity contribution >= 4 is 0 Å². The summed E-state index contributed by atoms with van der Waals surface area (Å²) in [7, 11) is 0. The molecule has 2 rings (SSSR count). The Balaban J connectivity index is 2.08. The van der Waals surface area contributed by atoms with Gasteiger partial charge in [-0.15, -0.1) is 0 Å². The maximum atomic E-state index is 13.0. The summed E-state index contributed by atoms with van der Waals surface area (Å²) in [6.07, 6.45) is 1.00. The fourth-order valence-corrected chi connectivity index (χ4v) is 2.39. The highest BCUT2D eigenvalue weighted by Crippen LogP contribution is 2.20. The van der Waals surface area contributed by atoms with Crippen molar-refractivity contribution in [3.8, 4) is 0 Å². The maximum Gasteiger partial charge on any atom is 0.123 e. The minimum absolute atomic E-state index is 0.0248. The summed E-state index contributed by atoms with van der Waals surface area (Å²) in [5.41, 5.74) is 3.34. The number of hydrogen-bond acceptors (Lipinski definition) is 2. The summed E-state index contributed by atoms with van der Waals surface area (Å²) >= 11 is 0. The third kappa shape index (κ3) is 4.13. The van der Waals surface area contributed by atoms with E-state index in [0.29, 0.717) is 0 Å². The molecule has 2 unspecified atom stereocenters. The van der Waals surface area contributed by atoms with Gasteiger partial charge in [-0.3, -0.25) is 0 Å². The van der Waals surface area contributed by atoms with Crippen molar-refractivity contribution in [3.63, 3.8) is 0 Å². The smallest absolute Gasteiger partial charge is 0.123 e. The first-order chi connectivity index (χ1) is 10.1. The lowest BCUT2D eigenvalue weighted by Crippen LogP contribution is -2.27. The van der Waals surface area contributed by atoms with Crippen LogP contribution in [0.2, 0.25) is 0 Å². The number of aliphatic hydroxyl groups excluding tert-OH is 1. The van der Waals surface area contributed by atoms with Crippen molar-refractivity contribution in [2.24, 2.45) is 0 Å². The first-order valence-electron chi connectivity index (χ1n) is 7.35. The largest absolute Gasteiger partial charge is 0.394 e. The molecule has 112 valence electrons. The molecule has 2 N–H and O–H groups in total. The predicted molar refractivity (Wildman–Crippen MR) is 83.6 cm³/mol. The molecule has 2 nitrogen and oxygen atoms in total. The molecule has 0 saturated heterocycles. The normalized spacial score (nSPS) is 13.9. The van der Waals surface area contributed by atoms with Crippen LogP contribution in [0.1, 0.15) is 42.6 Å². The van der Waals surface area contributed by atoms with E-state index < -0.39 is 0 Å². The highest BCUT2D eigenvalue weighted by atomic mass is 19.1. The van der Waals surface area contributed by atoms with E-state index in [0.717, 1.165) is 17.5 Å². The fourth-order valence-electron chi connectivity index (χ4n) is 2.39. The van der Waals surface area contributed by atoms with Gasteiger partial charge in [-0.1, -0.05) is 43.3 Å². The van der Waals surface area contributed by atoms with Gasteiger partial charge >= 0.3 is 0 Å². The lowest BCUT2D eigenvalue weighted by Gasteiger charge is -2.22. The molecule has 0 bridgehead atoms. The maximum absolute atomic E-state index is 13.0. The first-order valence-corrected chi connectivity index (χ1v) is 7.35. The van der Waals surface area contributed by atoms with Crippen LogP contribution in [0.5, 0.6) is 0 Å². The quantitative estimate of drug-likeness (QED) is 0.847. The molecule has 0 radical (unpaired) electrons. The minimum Gasteiger partial charge on any atom is -0.394 e. The Bertz CT molecular complexity index is 550. The zero-order valence-electron chi connectivity index (χ0n) is 12.5. The molecule has 0 aromatic heterocycles. The van der Waals surface area contributed by atoms with E-state index >= 15 is 0 Å². The second-order valence-electron chi connectivity index (χ2n) is 5.27. The summed E-state index contributed by atoms with van der Waals surface area (Å²) < 4.78 is 13.0. The molecule has 0 aliphatic rings. The summed E-state index contributed by atoms with van der Waals surface area (Å²) in [5, 5.41) is 13.0. The monoisotopic (exact) mass is 287 g/mol. The van der Waals surface area contributed by atoms with Gasteiger partial charge in [-0.2, -0.15) is 0 Å². The molecule has 0 aliphatic heterocycles. The molecule has 0 saturated carbocycles. The van der Waals surface area contributed by atoms with Crippen LogP contribution in [0.15, 0.2) is 48.5 Å². The van der Waals surface area contributed by atoms with Crippen molar-refractivity contribution < 1.29 is 9.50 Å². The third-order valence-corrected chi connectivity index (χ3v) is 3.79. The minimum atomic E-state index is -0.236. The molecular weight excluding hydrogens is 265 g/mol. The molecule has 2 aromatic rings. The third-order valence-electron chi connectivity index (χ3n) is 3.79. The SMILES string of the molecule is CCc1ccc(C(CO)NC(C)c2ccc(F)cc2)cc1. The van der Waals surface area contributed by atoms with Crippen molar-refractivity contribution in [1.82, 2.24) is 5.32 Å². The zero-order chi connectivity index (χ0) is 15.2. The molecule has 2 atom stereocenters. The molecule has 0 fully saturated rings. The van der Waals surface area contributed by atoms with Crippen LogP contribution in [0, 0.1) is 5.82 Å². The number of aryl methyl sites for hydroxylation is 1. The molecule has 0 amide bonds. The number of halogens is 1. The van der Waals surface area contributed by atoms with Crippen molar-refractivity contribution in [2.45, 2.75) is 32.4 Å². The lowest BCUT2D eigenvalue weighted by molar-refractivity contribution is 0.235. The topological polar surface area (TPSA) is 32.3 Å². The lowest BCUT2D eigenvalue weighted by atomic mass is 10.0. The van der Waals surface area contributed by atoms with Gasteiger partial charge in [0.1, 0.15) is 5.82 Å². The molecule has 0 aliphatic carbocycles. The van der Waals surface area contributed by atoms with Crippen LogP contribution in [-0.2, 0) is 6.42 Å². The fraction of sp³-hybridized carbons (Fsp3) is 0.333. The zero-order valence-corrected chi connectivity index (χ0v) is 12.5. The number of hydrogen-bond donors (Lipinski definition) is 2. The molecule has 0 heterocycles. The van der Waals surface area contributed by atoms with Gasteiger partial charge in [0.25, 0.3) is 0 Å². The Morgan fingerprint density at radius 1 is 1.00 bits per heavy atom. The molecular formula is C18H22FNO. The van der Waals surface area contributed by atoms with Crippen LogP contribution in [0.3, 0.4) is 0 Å². The summed E-state index contributed by atoms with van der Waals surface area (Å²) in [6.45, 7) is 4.15. The summed E-state index contributed by atoms with van der Waals surface area (Å²) in [5.74, 6) is -0.236. The average molecular weight is 287 g/mol. The number of aliphatic hydroxyl groups is 1. The van der Waals surface area contributed by atoms with Gasteiger partial charge in [0.05, 0.1) is 12.6 Å². The van der Waals surface area contributed by atoms with Gasteiger partial charge in [0.2, 0.25) is 0 Å². The molecule has 0 spiro atoms. The predicted octanol–water partition coefficient (Wildman–Crippen LogP) is 3.77. The van der Waals surface area contributed by atoms with E-state index in [1.54, 1.807) is 12.1 Å². The van der Waals surface area contributed by atoms with E-state index in [1.807, 2.05) is 19.1 Å². The van der Waals surface area contributed by atoms with E-state index in [-0.39, 0.29) is 24.5 Å². The highest BCUT2D eigenvalue weighted by molar-refractivity contribution is 5.26. The van der Waals surface area contributed by atoms with Gasteiger partial charge in [0.15, 0.2) is 0 Å². The van der Waals surface area contributed by atoms with Crippen molar-refractivity contribution in [1.29, 1.82) is 0 Å². The number of nitrogens with one attached hydrogen (secondary N) is 1. The number of benzene rings is 2. The number of rotatable bonds is 6. The van der Waals surface area contributed by atoms with Gasteiger partial charge in [0, 0.05) is 6.04 Å². The Hall–Kier alpha value is -1.71. The summed E-state index contributed by atoms with van der Waals surface area (Å²) in [6, 6.07) is 14.6. The van der Waals surface area contributed by atoms with Crippen LogP contribution < -0.4 is 5.32 Å². The van der Waals surface area contributed by atoms with E-state index in [9.17, 15) is 9.50 Å².